The lowest BCUT2D eigenvalue weighted by atomic mass is 9.93. The SMILES string of the molecule is O=S(=O)(NC1CCCCC1O)c1ccc(Br)c(F)c1. The molecule has 0 saturated heterocycles. The summed E-state index contributed by atoms with van der Waals surface area (Å²) in [7, 11) is -3.80. The molecule has 0 heterocycles. The molecule has 4 nitrogen and oxygen atoms in total. The van der Waals surface area contributed by atoms with Crippen molar-refractivity contribution in [3.63, 3.8) is 0 Å². The van der Waals surface area contributed by atoms with Gasteiger partial charge in [0.15, 0.2) is 0 Å². The van der Waals surface area contributed by atoms with Gasteiger partial charge in [-0.15, -0.1) is 0 Å². The molecule has 1 aromatic carbocycles. The van der Waals surface area contributed by atoms with E-state index in [1.807, 2.05) is 0 Å². The van der Waals surface area contributed by atoms with Crippen molar-refractivity contribution in [2.75, 3.05) is 0 Å². The minimum absolute atomic E-state index is 0.133. The highest BCUT2D eigenvalue weighted by Gasteiger charge is 2.28. The molecule has 2 rings (SSSR count). The van der Waals surface area contributed by atoms with Crippen LogP contribution in [0.5, 0.6) is 0 Å². The van der Waals surface area contributed by atoms with E-state index in [9.17, 15) is 17.9 Å². The summed E-state index contributed by atoms with van der Waals surface area (Å²) in [5.41, 5.74) is 0. The van der Waals surface area contributed by atoms with Gasteiger partial charge in [-0.3, -0.25) is 0 Å². The van der Waals surface area contributed by atoms with E-state index in [0.717, 1.165) is 18.9 Å². The van der Waals surface area contributed by atoms with E-state index in [1.54, 1.807) is 0 Å². The predicted molar refractivity (Wildman–Crippen MR) is 72.7 cm³/mol. The van der Waals surface area contributed by atoms with Gasteiger partial charge in [0.25, 0.3) is 0 Å². The first-order chi connectivity index (χ1) is 8.90. The van der Waals surface area contributed by atoms with Crippen molar-refractivity contribution in [3.8, 4) is 0 Å². The van der Waals surface area contributed by atoms with E-state index in [1.165, 1.54) is 12.1 Å². The molecule has 2 atom stereocenters. The number of rotatable bonds is 3. The van der Waals surface area contributed by atoms with Crippen molar-refractivity contribution in [2.24, 2.45) is 0 Å². The Balaban J connectivity index is 2.19. The Kier molecular flexibility index (Phi) is 4.60. The van der Waals surface area contributed by atoms with E-state index in [0.29, 0.717) is 12.8 Å². The highest BCUT2D eigenvalue weighted by Crippen LogP contribution is 2.22. The fraction of sp³-hybridized carbons (Fsp3) is 0.500. The fourth-order valence-corrected chi connectivity index (χ4v) is 3.72. The van der Waals surface area contributed by atoms with Crippen LogP contribution in [-0.2, 0) is 10.0 Å². The van der Waals surface area contributed by atoms with Crippen molar-refractivity contribution in [2.45, 2.75) is 42.7 Å². The van der Waals surface area contributed by atoms with Crippen LogP contribution in [0.1, 0.15) is 25.7 Å². The van der Waals surface area contributed by atoms with Gasteiger partial charge in [0.2, 0.25) is 10.0 Å². The topological polar surface area (TPSA) is 66.4 Å². The van der Waals surface area contributed by atoms with Crippen LogP contribution in [0.15, 0.2) is 27.6 Å². The highest BCUT2D eigenvalue weighted by molar-refractivity contribution is 9.10. The molecular formula is C12H15BrFNO3S. The molecule has 2 unspecified atom stereocenters. The van der Waals surface area contributed by atoms with Crippen LogP contribution in [-0.4, -0.2) is 25.7 Å². The van der Waals surface area contributed by atoms with Crippen LogP contribution in [0, 0.1) is 5.82 Å². The number of sulfonamides is 1. The van der Waals surface area contributed by atoms with Gasteiger partial charge in [0, 0.05) is 6.04 Å². The van der Waals surface area contributed by atoms with Crippen molar-refractivity contribution < 1.29 is 17.9 Å². The Bertz CT molecular complexity index is 564. The standard InChI is InChI=1S/C12H15BrFNO3S/c13-9-6-5-8(7-10(9)14)19(17,18)15-11-3-1-2-4-12(11)16/h5-7,11-12,15-16H,1-4H2. The van der Waals surface area contributed by atoms with Gasteiger partial charge in [-0.2, -0.15) is 0 Å². The summed E-state index contributed by atoms with van der Waals surface area (Å²) in [6.07, 6.45) is 2.27. The summed E-state index contributed by atoms with van der Waals surface area (Å²) in [5.74, 6) is -0.632. The maximum atomic E-state index is 13.4. The molecule has 0 amide bonds. The van der Waals surface area contributed by atoms with Crippen molar-refractivity contribution in [1.29, 1.82) is 0 Å². The predicted octanol–water partition coefficient (Wildman–Crippen LogP) is 2.17. The molecule has 0 spiro atoms. The molecule has 1 fully saturated rings. The van der Waals surface area contributed by atoms with Crippen LogP contribution < -0.4 is 4.72 Å². The molecule has 1 aliphatic rings. The summed E-state index contributed by atoms with van der Waals surface area (Å²) < 4.78 is 40.2. The fourth-order valence-electron chi connectivity index (χ4n) is 2.16. The van der Waals surface area contributed by atoms with E-state index in [2.05, 4.69) is 20.7 Å². The zero-order valence-electron chi connectivity index (χ0n) is 10.1. The van der Waals surface area contributed by atoms with Gasteiger partial charge < -0.3 is 5.11 Å². The molecule has 106 valence electrons. The first kappa shape index (κ1) is 14.9. The number of aliphatic hydroxyl groups is 1. The largest absolute Gasteiger partial charge is 0.391 e. The first-order valence-corrected chi connectivity index (χ1v) is 8.33. The summed E-state index contributed by atoms with van der Waals surface area (Å²) in [5, 5.41) is 9.77. The molecule has 1 saturated carbocycles. The number of hydrogen-bond donors (Lipinski definition) is 2. The average Bonchev–Trinajstić information content (AvgIpc) is 2.35. The lowest BCUT2D eigenvalue weighted by Gasteiger charge is -2.28. The smallest absolute Gasteiger partial charge is 0.241 e. The van der Waals surface area contributed by atoms with Gasteiger partial charge in [0.1, 0.15) is 5.82 Å². The molecule has 0 aliphatic heterocycles. The molecule has 2 N–H and O–H groups in total. The molecule has 0 bridgehead atoms. The second-order valence-electron chi connectivity index (χ2n) is 4.66. The quantitative estimate of drug-likeness (QED) is 0.876. The van der Waals surface area contributed by atoms with E-state index in [4.69, 9.17) is 0 Å². The maximum absolute atomic E-state index is 13.4. The van der Waals surface area contributed by atoms with Gasteiger partial charge in [-0.1, -0.05) is 12.8 Å². The van der Waals surface area contributed by atoms with E-state index in [-0.39, 0.29) is 9.37 Å². The van der Waals surface area contributed by atoms with Crippen LogP contribution >= 0.6 is 15.9 Å². The van der Waals surface area contributed by atoms with Crippen molar-refractivity contribution >= 4 is 26.0 Å². The van der Waals surface area contributed by atoms with Gasteiger partial charge in [-0.25, -0.2) is 17.5 Å². The Hall–Kier alpha value is -0.500. The van der Waals surface area contributed by atoms with E-state index < -0.39 is 28.0 Å². The second kappa shape index (κ2) is 5.87. The second-order valence-corrected chi connectivity index (χ2v) is 7.22. The normalized spacial score (nSPS) is 24.4. The van der Waals surface area contributed by atoms with Gasteiger partial charge >= 0.3 is 0 Å². The number of hydrogen-bond acceptors (Lipinski definition) is 3. The van der Waals surface area contributed by atoms with Crippen molar-refractivity contribution in [3.05, 3.63) is 28.5 Å². The zero-order valence-corrected chi connectivity index (χ0v) is 12.5. The Morgan fingerprint density at radius 3 is 2.63 bits per heavy atom. The maximum Gasteiger partial charge on any atom is 0.241 e. The number of aliphatic hydroxyl groups excluding tert-OH is 1. The summed E-state index contributed by atoms with van der Waals surface area (Å²) in [6.45, 7) is 0. The van der Waals surface area contributed by atoms with Crippen LogP contribution in [0.25, 0.3) is 0 Å². The highest BCUT2D eigenvalue weighted by atomic mass is 79.9. The number of halogens is 2. The minimum Gasteiger partial charge on any atom is -0.391 e. The number of benzene rings is 1. The molecule has 1 aliphatic carbocycles. The van der Waals surface area contributed by atoms with Gasteiger partial charge in [0.05, 0.1) is 15.5 Å². The van der Waals surface area contributed by atoms with Crippen LogP contribution in [0.3, 0.4) is 0 Å². The molecule has 19 heavy (non-hydrogen) atoms. The minimum atomic E-state index is -3.80. The lowest BCUT2D eigenvalue weighted by Crippen LogP contribution is -2.44. The Morgan fingerprint density at radius 1 is 1.32 bits per heavy atom. The average molecular weight is 352 g/mol. The molecule has 0 radical (unpaired) electrons. The zero-order chi connectivity index (χ0) is 14.0. The van der Waals surface area contributed by atoms with Crippen LogP contribution in [0.2, 0.25) is 0 Å². The Labute approximate surface area is 120 Å². The molecule has 7 heteroatoms. The first-order valence-electron chi connectivity index (χ1n) is 6.05. The molecule has 0 aromatic heterocycles. The Morgan fingerprint density at radius 2 is 2.00 bits per heavy atom. The summed E-state index contributed by atoms with van der Waals surface area (Å²) in [6, 6.07) is 3.14. The monoisotopic (exact) mass is 351 g/mol. The van der Waals surface area contributed by atoms with Crippen molar-refractivity contribution in [1.82, 2.24) is 4.72 Å². The van der Waals surface area contributed by atoms with Gasteiger partial charge in [-0.05, 0) is 47.0 Å². The summed E-state index contributed by atoms with van der Waals surface area (Å²) >= 11 is 2.97. The third-order valence-corrected chi connectivity index (χ3v) is 5.37. The molecular weight excluding hydrogens is 337 g/mol. The third-order valence-electron chi connectivity index (χ3n) is 3.24. The molecule has 1 aromatic rings. The van der Waals surface area contributed by atoms with E-state index >= 15 is 0 Å². The summed E-state index contributed by atoms with van der Waals surface area (Å²) in [4.78, 5) is -0.133. The number of nitrogens with one attached hydrogen (secondary N) is 1. The third kappa shape index (κ3) is 3.53. The van der Waals surface area contributed by atoms with Crippen LogP contribution in [0.4, 0.5) is 4.39 Å². The lowest BCUT2D eigenvalue weighted by molar-refractivity contribution is 0.101.